The molecule has 0 radical (unpaired) electrons. The van der Waals surface area contributed by atoms with Crippen LogP contribution in [0.5, 0.6) is 0 Å². The van der Waals surface area contributed by atoms with Gasteiger partial charge in [0.05, 0.1) is 17.0 Å². The molecule has 1 aliphatic carbocycles. The van der Waals surface area contributed by atoms with E-state index in [-0.39, 0.29) is 18.1 Å². The number of aliphatic hydroxyl groups is 1. The quantitative estimate of drug-likeness (QED) is 0.220. The van der Waals surface area contributed by atoms with Crippen LogP contribution in [0.25, 0.3) is 0 Å². The lowest BCUT2D eigenvalue weighted by atomic mass is 9.85. The standard InChI is InChI=1S/C28H29ClN6O2S/c1-16-22(11-14-28(36)12-5-4-6-13-28)38-27-24(16)25(19-7-9-20(29)10-8-19)32-21(26(31)35(27)17(2)30)15-23-34-33-18(3)37-23/h7-10,21,30-31,36H,4-6,12-13,15H2,1-3H3/t21-/m0/s1. The third-order valence-corrected chi connectivity index (χ3v) is 8.33. The van der Waals surface area contributed by atoms with Crippen molar-refractivity contribution in [1.29, 1.82) is 10.8 Å². The van der Waals surface area contributed by atoms with E-state index in [2.05, 4.69) is 22.0 Å². The van der Waals surface area contributed by atoms with Crippen molar-refractivity contribution in [3.05, 3.63) is 62.6 Å². The van der Waals surface area contributed by atoms with Crippen LogP contribution < -0.4 is 4.90 Å². The van der Waals surface area contributed by atoms with Gasteiger partial charge in [-0.2, -0.15) is 0 Å². The van der Waals surface area contributed by atoms with Crippen molar-refractivity contribution in [3.8, 4) is 11.8 Å². The summed E-state index contributed by atoms with van der Waals surface area (Å²) < 4.78 is 5.61. The van der Waals surface area contributed by atoms with Crippen LogP contribution in [0.2, 0.25) is 5.02 Å². The van der Waals surface area contributed by atoms with Gasteiger partial charge < -0.3 is 9.52 Å². The molecule has 0 amide bonds. The number of aryl methyl sites for hydroxylation is 1. The molecule has 38 heavy (non-hydrogen) atoms. The van der Waals surface area contributed by atoms with E-state index in [1.54, 1.807) is 18.7 Å². The molecule has 0 saturated heterocycles. The fraction of sp³-hybridized carbons (Fsp3) is 0.393. The Labute approximate surface area is 230 Å². The summed E-state index contributed by atoms with van der Waals surface area (Å²) in [6, 6.07) is 6.78. The molecular weight excluding hydrogens is 520 g/mol. The molecule has 1 saturated carbocycles. The Hall–Kier alpha value is -3.32. The first kappa shape index (κ1) is 26.3. The Morgan fingerprint density at radius 1 is 1.21 bits per heavy atom. The summed E-state index contributed by atoms with van der Waals surface area (Å²) in [6.45, 7) is 5.36. The van der Waals surface area contributed by atoms with Crippen LogP contribution in [0.3, 0.4) is 0 Å². The lowest BCUT2D eigenvalue weighted by Crippen LogP contribution is -2.40. The van der Waals surface area contributed by atoms with Gasteiger partial charge >= 0.3 is 0 Å². The summed E-state index contributed by atoms with van der Waals surface area (Å²) in [7, 11) is 0. The van der Waals surface area contributed by atoms with Crippen molar-refractivity contribution in [1.82, 2.24) is 10.2 Å². The van der Waals surface area contributed by atoms with Gasteiger partial charge in [0, 0.05) is 23.1 Å². The van der Waals surface area contributed by atoms with Crippen molar-refractivity contribution in [3.63, 3.8) is 0 Å². The molecule has 1 atom stereocenters. The molecule has 0 unspecified atom stereocenters. The van der Waals surface area contributed by atoms with Crippen LogP contribution in [0, 0.1) is 36.5 Å². The summed E-state index contributed by atoms with van der Waals surface area (Å²) >= 11 is 7.61. The fourth-order valence-electron chi connectivity index (χ4n) is 4.92. The van der Waals surface area contributed by atoms with Crippen LogP contribution >= 0.6 is 22.9 Å². The van der Waals surface area contributed by atoms with Crippen molar-refractivity contribution >= 4 is 45.3 Å². The molecule has 10 heteroatoms. The second-order valence-corrected chi connectivity index (χ2v) is 11.2. The van der Waals surface area contributed by atoms with Crippen LogP contribution in [0.4, 0.5) is 5.00 Å². The van der Waals surface area contributed by atoms with Gasteiger partial charge in [-0.1, -0.05) is 42.0 Å². The minimum Gasteiger partial charge on any atom is -0.426 e. The van der Waals surface area contributed by atoms with E-state index in [1.807, 2.05) is 31.2 Å². The molecule has 1 aliphatic heterocycles. The predicted octanol–water partition coefficient (Wildman–Crippen LogP) is 5.69. The van der Waals surface area contributed by atoms with E-state index < -0.39 is 11.6 Å². The van der Waals surface area contributed by atoms with E-state index in [4.69, 9.17) is 31.8 Å². The SMILES string of the molecule is CC(=N)N1C(=N)[C@H](Cc2nnc(C)o2)N=C(c2ccc(Cl)cc2)c2c1sc(C#CC1(O)CCCCC1)c2C. The molecule has 196 valence electrons. The Morgan fingerprint density at radius 3 is 2.55 bits per heavy atom. The number of nitrogens with zero attached hydrogens (tertiary/aromatic N) is 4. The molecule has 3 heterocycles. The van der Waals surface area contributed by atoms with Crippen LogP contribution in [-0.2, 0) is 6.42 Å². The Morgan fingerprint density at radius 2 is 1.92 bits per heavy atom. The second kappa shape index (κ2) is 10.4. The van der Waals surface area contributed by atoms with Crippen molar-refractivity contribution in [2.24, 2.45) is 4.99 Å². The van der Waals surface area contributed by atoms with E-state index in [1.165, 1.54) is 11.3 Å². The molecule has 2 aliphatic rings. The number of aliphatic imine (C=N–C) groups is 1. The smallest absolute Gasteiger partial charge is 0.219 e. The summed E-state index contributed by atoms with van der Waals surface area (Å²) in [5.74, 6) is 7.56. The fourth-order valence-corrected chi connectivity index (χ4v) is 6.27. The molecule has 0 spiro atoms. The highest BCUT2D eigenvalue weighted by Crippen LogP contribution is 2.40. The normalized spacial score (nSPS) is 18.8. The molecule has 0 bridgehead atoms. The first-order valence-corrected chi connectivity index (χ1v) is 13.8. The number of hydrogen-bond acceptors (Lipinski definition) is 8. The van der Waals surface area contributed by atoms with Gasteiger partial charge in [0.15, 0.2) is 0 Å². The highest BCUT2D eigenvalue weighted by Gasteiger charge is 2.35. The highest BCUT2D eigenvalue weighted by molar-refractivity contribution is 7.17. The Bertz CT molecular complexity index is 1490. The number of rotatable bonds is 3. The van der Waals surface area contributed by atoms with Gasteiger partial charge in [-0.25, -0.2) is 0 Å². The summed E-state index contributed by atoms with van der Waals surface area (Å²) in [6.07, 6.45) is 4.64. The number of benzene rings is 1. The van der Waals surface area contributed by atoms with Gasteiger partial charge in [-0.3, -0.25) is 20.7 Å². The van der Waals surface area contributed by atoms with Gasteiger partial charge in [-0.05, 0) is 57.2 Å². The monoisotopic (exact) mass is 548 g/mol. The molecule has 8 nitrogen and oxygen atoms in total. The van der Waals surface area contributed by atoms with E-state index in [0.29, 0.717) is 40.4 Å². The van der Waals surface area contributed by atoms with Gasteiger partial charge in [0.1, 0.15) is 28.3 Å². The molecule has 1 fully saturated rings. The maximum atomic E-state index is 11.0. The van der Waals surface area contributed by atoms with Crippen molar-refractivity contribution in [2.75, 3.05) is 4.90 Å². The number of nitrogens with one attached hydrogen (secondary N) is 2. The number of anilines is 1. The van der Waals surface area contributed by atoms with Crippen LogP contribution in [0.1, 0.15) is 72.4 Å². The van der Waals surface area contributed by atoms with E-state index in [9.17, 15) is 5.11 Å². The molecular formula is C28H29ClN6O2S. The highest BCUT2D eigenvalue weighted by atomic mass is 35.5. The van der Waals surface area contributed by atoms with Gasteiger partial charge in [0.25, 0.3) is 0 Å². The summed E-state index contributed by atoms with van der Waals surface area (Å²) in [5, 5.41) is 38.0. The first-order valence-electron chi connectivity index (χ1n) is 12.6. The maximum absolute atomic E-state index is 11.0. The zero-order chi connectivity index (χ0) is 27.0. The number of halogens is 1. The summed E-state index contributed by atoms with van der Waals surface area (Å²) in [4.78, 5) is 7.48. The molecule has 3 aromatic rings. The number of amidine groups is 2. The molecule has 5 rings (SSSR count). The molecule has 1 aromatic carbocycles. The second-order valence-electron chi connectivity index (χ2n) is 9.80. The number of hydrogen-bond donors (Lipinski definition) is 3. The van der Waals surface area contributed by atoms with Crippen molar-refractivity contribution in [2.45, 2.75) is 70.9 Å². The Kier molecular flexibility index (Phi) is 7.23. The zero-order valence-corrected chi connectivity index (χ0v) is 23.1. The van der Waals surface area contributed by atoms with E-state index >= 15 is 0 Å². The van der Waals surface area contributed by atoms with Gasteiger partial charge in [0.2, 0.25) is 11.8 Å². The predicted molar refractivity (Wildman–Crippen MR) is 151 cm³/mol. The lowest BCUT2D eigenvalue weighted by molar-refractivity contribution is 0.0610. The van der Waals surface area contributed by atoms with Gasteiger partial charge in [-0.15, -0.1) is 21.5 Å². The Balaban J connectivity index is 1.68. The minimum absolute atomic E-state index is 0.144. The number of thiophene rings is 1. The zero-order valence-electron chi connectivity index (χ0n) is 21.6. The van der Waals surface area contributed by atoms with Crippen LogP contribution in [-0.4, -0.2) is 44.3 Å². The van der Waals surface area contributed by atoms with Crippen LogP contribution in [0.15, 0.2) is 33.7 Å². The molecule has 2 aromatic heterocycles. The minimum atomic E-state index is -0.976. The first-order chi connectivity index (χ1) is 18.1. The van der Waals surface area contributed by atoms with E-state index in [0.717, 1.165) is 40.8 Å². The number of fused-ring (bicyclic) bond motifs is 1. The average Bonchev–Trinajstić information content (AvgIpc) is 3.40. The topological polar surface area (TPSA) is 122 Å². The lowest BCUT2D eigenvalue weighted by Gasteiger charge is -2.26. The van der Waals surface area contributed by atoms with Crippen molar-refractivity contribution < 1.29 is 9.52 Å². The number of aromatic nitrogens is 2. The average molecular weight is 549 g/mol. The largest absolute Gasteiger partial charge is 0.426 e. The molecule has 3 N–H and O–H groups in total. The maximum Gasteiger partial charge on any atom is 0.219 e. The third-order valence-electron chi connectivity index (χ3n) is 6.89. The third kappa shape index (κ3) is 5.17. The summed E-state index contributed by atoms with van der Waals surface area (Å²) in [5.41, 5.74) is 2.27.